The fourth-order valence-electron chi connectivity index (χ4n) is 15.2. The fourth-order valence-corrected chi connectivity index (χ4v) is 17.8. The van der Waals surface area contributed by atoms with Crippen molar-refractivity contribution in [2.75, 3.05) is 9.80 Å². The van der Waals surface area contributed by atoms with Crippen LogP contribution in [0, 0.1) is 0 Å². The summed E-state index contributed by atoms with van der Waals surface area (Å²) in [4.78, 5) is 4.99. The molecule has 0 spiro atoms. The van der Waals surface area contributed by atoms with Crippen molar-refractivity contribution in [3.63, 3.8) is 0 Å². The lowest BCUT2D eigenvalue weighted by Crippen LogP contribution is -2.11. The van der Waals surface area contributed by atoms with Gasteiger partial charge in [-0.3, -0.25) is 0 Å². The molecule has 0 radical (unpaired) electrons. The standard InChI is InChI=1S/C86H60N4O2S2/c1-5-22-55(23-6-1)75-48-50-77(91-75)57-40-44-61(45-41-57)87(59-26-9-3-10-27-59)71-53-73-83(85-81(71)67-34-15-19-38-79(67)93-85)84-74(90(73)64-31-21-30-63(52-64)89-69-36-17-13-32-65(69)66-33-14-18-37-70(66)89)54-72(82-68-35-16-20-39-80(68)94-86(82)84)88(60-28-11-4-12-29-60)62-46-42-58(43-47-62)78-51-49-76(92-78)56-24-7-2-8-25-56/h1-48,52-54,76-78H,49-51H2. The van der Waals surface area contributed by atoms with Gasteiger partial charge in [0, 0.05) is 108 Å². The lowest BCUT2D eigenvalue weighted by molar-refractivity contribution is 0.0441. The van der Waals surface area contributed by atoms with Crippen LogP contribution in [0.3, 0.4) is 0 Å². The predicted octanol–water partition coefficient (Wildman–Crippen LogP) is 24.7. The minimum absolute atomic E-state index is 0.00729. The molecule has 19 rings (SSSR count). The molecule has 0 saturated carbocycles. The zero-order chi connectivity index (χ0) is 61.8. The summed E-state index contributed by atoms with van der Waals surface area (Å²) < 4.78 is 23.6. The van der Waals surface area contributed by atoms with Crippen molar-refractivity contribution >= 4 is 147 Å². The molecule has 6 heterocycles. The number of aromatic nitrogens is 2. The van der Waals surface area contributed by atoms with Gasteiger partial charge in [0.15, 0.2) is 0 Å². The van der Waals surface area contributed by atoms with Gasteiger partial charge in [0.1, 0.15) is 11.9 Å². The number of thiophene rings is 2. The van der Waals surface area contributed by atoms with E-state index < -0.39 is 0 Å². The van der Waals surface area contributed by atoms with Crippen LogP contribution >= 0.6 is 22.7 Å². The van der Waals surface area contributed by atoms with E-state index >= 15 is 0 Å². The van der Waals surface area contributed by atoms with Crippen molar-refractivity contribution in [3.05, 3.63) is 332 Å². The molecule has 17 aromatic rings. The third-order valence-electron chi connectivity index (χ3n) is 19.5. The molecule has 0 amide bonds. The Bertz CT molecular complexity index is 5520. The summed E-state index contributed by atoms with van der Waals surface area (Å²) in [7, 11) is 0. The number of benzene rings is 13. The Morgan fingerprint density at radius 1 is 0.330 bits per heavy atom. The van der Waals surface area contributed by atoms with E-state index in [1.807, 2.05) is 22.7 Å². The maximum atomic E-state index is 6.84. The van der Waals surface area contributed by atoms with Crippen molar-refractivity contribution in [2.24, 2.45) is 0 Å². The zero-order valence-electron chi connectivity index (χ0n) is 51.2. The number of fused-ring (bicyclic) bond motifs is 14. The lowest BCUT2D eigenvalue weighted by Gasteiger charge is -2.27. The summed E-state index contributed by atoms with van der Waals surface area (Å²) in [6, 6.07) is 111. The van der Waals surface area contributed by atoms with Gasteiger partial charge < -0.3 is 28.4 Å². The van der Waals surface area contributed by atoms with E-state index in [2.05, 4.69) is 328 Å². The molecule has 448 valence electrons. The van der Waals surface area contributed by atoms with E-state index in [-0.39, 0.29) is 18.3 Å². The molecular formula is C86H60N4O2S2. The summed E-state index contributed by atoms with van der Waals surface area (Å²) in [6.45, 7) is 0. The summed E-state index contributed by atoms with van der Waals surface area (Å²) in [5.74, 6) is 0.936. The number of hydrogen-bond donors (Lipinski definition) is 0. The molecule has 2 aliphatic heterocycles. The number of anilines is 6. The number of para-hydroxylation sites is 4. The summed E-state index contributed by atoms with van der Waals surface area (Å²) in [5.41, 5.74) is 17.9. The third-order valence-corrected chi connectivity index (χ3v) is 21.8. The molecule has 1 saturated heterocycles. The van der Waals surface area contributed by atoms with Crippen LogP contribution in [0.15, 0.2) is 309 Å². The molecule has 0 bridgehead atoms. The largest absolute Gasteiger partial charge is 0.485 e. The molecule has 13 aromatic carbocycles. The number of rotatable bonds is 12. The molecule has 2 aliphatic rings. The number of ether oxygens (including phenoxy) is 2. The quantitative estimate of drug-likeness (QED) is 0.122. The molecule has 0 aliphatic carbocycles. The first-order chi connectivity index (χ1) is 46.6. The molecule has 6 nitrogen and oxygen atoms in total. The molecule has 8 heteroatoms. The second-order valence-electron chi connectivity index (χ2n) is 24.8. The lowest BCUT2D eigenvalue weighted by atomic mass is 10.0. The highest BCUT2D eigenvalue weighted by Crippen LogP contribution is 2.56. The van der Waals surface area contributed by atoms with Crippen LogP contribution in [-0.4, -0.2) is 9.13 Å². The van der Waals surface area contributed by atoms with E-state index in [4.69, 9.17) is 9.47 Å². The number of nitrogens with zero attached hydrogens (tertiary/aromatic N) is 4. The van der Waals surface area contributed by atoms with Crippen molar-refractivity contribution in [1.82, 2.24) is 9.13 Å². The molecule has 4 aromatic heterocycles. The Morgan fingerprint density at radius 2 is 0.734 bits per heavy atom. The normalized spacial score (nSPS) is 15.7. The maximum absolute atomic E-state index is 6.84. The van der Waals surface area contributed by atoms with E-state index in [0.717, 1.165) is 92.7 Å². The Morgan fingerprint density at radius 3 is 1.24 bits per heavy atom. The van der Waals surface area contributed by atoms with Crippen LogP contribution in [0.25, 0.3) is 101 Å². The van der Waals surface area contributed by atoms with Gasteiger partial charge in [0.05, 0.1) is 45.6 Å². The minimum atomic E-state index is -0.0834. The van der Waals surface area contributed by atoms with Crippen molar-refractivity contribution < 1.29 is 9.47 Å². The van der Waals surface area contributed by atoms with E-state index in [9.17, 15) is 0 Å². The van der Waals surface area contributed by atoms with Gasteiger partial charge in [-0.1, -0.05) is 200 Å². The second-order valence-corrected chi connectivity index (χ2v) is 26.9. The zero-order valence-corrected chi connectivity index (χ0v) is 52.9. The monoisotopic (exact) mass is 1240 g/mol. The van der Waals surface area contributed by atoms with Gasteiger partial charge in [-0.2, -0.15) is 0 Å². The van der Waals surface area contributed by atoms with E-state index in [0.29, 0.717) is 0 Å². The van der Waals surface area contributed by atoms with Crippen LogP contribution in [0.2, 0.25) is 0 Å². The second kappa shape index (κ2) is 22.4. The van der Waals surface area contributed by atoms with Gasteiger partial charge in [-0.05, 0) is 139 Å². The Kier molecular flexibility index (Phi) is 13.0. The minimum Gasteiger partial charge on any atom is -0.485 e. The van der Waals surface area contributed by atoms with Crippen LogP contribution in [0.1, 0.15) is 59.8 Å². The topological polar surface area (TPSA) is 34.8 Å². The highest BCUT2D eigenvalue weighted by Gasteiger charge is 2.32. The first-order valence-corrected chi connectivity index (χ1v) is 34.2. The van der Waals surface area contributed by atoms with Gasteiger partial charge in [-0.25, -0.2) is 0 Å². The van der Waals surface area contributed by atoms with Crippen LogP contribution in [0.5, 0.6) is 0 Å². The maximum Gasteiger partial charge on any atom is 0.127 e. The fraction of sp³-hybridized carbons (Fsp3) is 0.0698. The van der Waals surface area contributed by atoms with Gasteiger partial charge in [0.25, 0.3) is 0 Å². The Hall–Kier alpha value is -11.0. The van der Waals surface area contributed by atoms with Gasteiger partial charge >= 0.3 is 0 Å². The highest BCUT2D eigenvalue weighted by atomic mass is 32.1. The molecular weight excluding hydrogens is 1190 g/mol. The van der Waals surface area contributed by atoms with Crippen molar-refractivity contribution in [3.8, 4) is 11.4 Å². The molecule has 3 atom stereocenters. The predicted molar refractivity (Wildman–Crippen MR) is 395 cm³/mol. The molecule has 0 N–H and O–H groups in total. The summed E-state index contributed by atoms with van der Waals surface area (Å²) in [6.07, 6.45) is 5.00. The SMILES string of the molecule is C1=C(c2ccccc2)OC(c2ccc(N(c3ccccc3)c3cc4c(c5sc6ccccc6c35)c3c5sc6ccccc6c5c(N(c5ccccc5)c5ccc(C6CCC(c7ccccc7)O6)cc5)cc3n4-c3cccc(-n4c5ccccc5c5ccccc54)c3)cc2)C1. The average molecular weight is 1250 g/mol. The molecule has 3 unspecified atom stereocenters. The van der Waals surface area contributed by atoms with Gasteiger partial charge in [-0.15, -0.1) is 22.7 Å². The highest BCUT2D eigenvalue weighted by molar-refractivity contribution is 7.28. The van der Waals surface area contributed by atoms with E-state index in [1.165, 1.54) is 84.0 Å². The first-order valence-electron chi connectivity index (χ1n) is 32.5. The summed E-state index contributed by atoms with van der Waals surface area (Å²) >= 11 is 3.81. The average Bonchev–Trinajstić information content (AvgIpc) is 1.52. The molecule has 94 heavy (non-hydrogen) atoms. The van der Waals surface area contributed by atoms with Crippen LogP contribution < -0.4 is 9.80 Å². The summed E-state index contributed by atoms with van der Waals surface area (Å²) in [5, 5.41) is 9.85. The first kappa shape index (κ1) is 54.7. The van der Waals surface area contributed by atoms with E-state index in [1.54, 1.807) is 0 Å². The molecule has 1 fully saturated rings. The number of hydrogen-bond acceptors (Lipinski definition) is 6. The van der Waals surface area contributed by atoms with Crippen LogP contribution in [0.4, 0.5) is 34.1 Å². The Balaban J connectivity index is 0.883. The van der Waals surface area contributed by atoms with Crippen molar-refractivity contribution in [1.29, 1.82) is 0 Å². The smallest absolute Gasteiger partial charge is 0.127 e. The van der Waals surface area contributed by atoms with Crippen LogP contribution in [-0.2, 0) is 9.47 Å². The van der Waals surface area contributed by atoms with Gasteiger partial charge in [0.2, 0.25) is 0 Å². The Labute approximate surface area is 551 Å². The third kappa shape index (κ3) is 8.93. The van der Waals surface area contributed by atoms with Crippen molar-refractivity contribution in [2.45, 2.75) is 37.6 Å².